The van der Waals surface area contributed by atoms with Crippen LogP contribution in [0, 0.1) is 0 Å². The highest BCUT2D eigenvalue weighted by atomic mass is 16.5. The molecular weight excluding hydrogens is 282 g/mol. The van der Waals surface area contributed by atoms with Crippen molar-refractivity contribution in [3.8, 4) is 11.5 Å². The Balaban J connectivity index is 1.84. The van der Waals surface area contributed by atoms with Crippen molar-refractivity contribution in [3.05, 3.63) is 23.8 Å². The largest absolute Gasteiger partial charge is 0.497 e. The van der Waals surface area contributed by atoms with E-state index in [0.29, 0.717) is 6.61 Å². The number of carbonyl (C=O) groups is 1. The van der Waals surface area contributed by atoms with Crippen LogP contribution in [0.15, 0.2) is 18.2 Å². The first-order valence-electron chi connectivity index (χ1n) is 7.88. The van der Waals surface area contributed by atoms with Crippen LogP contribution in [0.25, 0.3) is 0 Å². The van der Waals surface area contributed by atoms with Gasteiger partial charge >= 0.3 is 0 Å². The summed E-state index contributed by atoms with van der Waals surface area (Å²) in [6, 6.07) is 5.87. The van der Waals surface area contributed by atoms with Crippen LogP contribution in [0.2, 0.25) is 0 Å². The van der Waals surface area contributed by atoms with Crippen LogP contribution >= 0.6 is 0 Å². The van der Waals surface area contributed by atoms with E-state index in [1.807, 2.05) is 23.1 Å². The van der Waals surface area contributed by atoms with E-state index in [1.54, 1.807) is 14.2 Å². The number of carbonyl (C=O) groups excluding carboxylic acids is 1. The molecule has 0 radical (unpaired) electrons. The zero-order valence-electron chi connectivity index (χ0n) is 13.2. The highest BCUT2D eigenvalue weighted by molar-refractivity contribution is 5.82. The molecule has 5 nitrogen and oxygen atoms in total. The molecule has 0 aromatic heterocycles. The second-order valence-electron chi connectivity index (χ2n) is 5.80. The summed E-state index contributed by atoms with van der Waals surface area (Å²) in [6.07, 6.45) is 3.52. The van der Waals surface area contributed by atoms with Gasteiger partial charge in [-0.15, -0.1) is 0 Å². The lowest BCUT2D eigenvalue weighted by Crippen LogP contribution is -2.38. The van der Waals surface area contributed by atoms with E-state index < -0.39 is 0 Å². The fraction of sp³-hybridized carbons (Fsp3) is 0.588. The summed E-state index contributed by atoms with van der Waals surface area (Å²) in [7, 11) is 3.29. The van der Waals surface area contributed by atoms with Crippen LogP contribution in [0.5, 0.6) is 11.5 Å². The van der Waals surface area contributed by atoms with Gasteiger partial charge in [0.15, 0.2) is 0 Å². The molecule has 2 aliphatic heterocycles. The average Bonchev–Trinajstić information content (AvgIpc) is 3.24. The molecule has 2 saturated heterocycles. The van der Waals surface area contributed by atoms with Crippen molar-refractivity contribution >= 4 is 5.91 Å². The molecule has 1 aromatic carbocycles. The van der Waals surface area contributed by atoms with Crippen molar-refractivity contribution in [2.45, 2.75) is 37.8 Å². The Morgan fingerprint density at radius 2 is 2.09 bits per heavy atom. The molecule has 5 heteroatoms. The summed E-state index contributed by atoms with van der Waals surface area (Å²) in [5.74, 6) is 1.66. The van der Waals surface area contributed by atoms with E-state index in [9.17, 15) is 4.79 Å². The van der Waals surface area contributed by atoms with Crippen molar-refractivity contribution in [2.24, 2.45) is 0 Å². The fourth-order valence-corrected chi connectivity index (χ4v) is 3.40. The maximum Gasteiger partial charge on any atom is 0.252 e. The molecule has 0 N–H and O–H groups in total. The van der Waals surface area contributed by atoms with Crippen molar-refractivity contribution in [2.75, 3.05) is 27.4 Å². The molecular formula is C17H23NO4. The summed E-state index contributed by atoms with van der Waals surface area (Å²) < 4.78 is 16.3. The molecule has 0 spiro atoms. The molecule has 2 atom stereocenters. The molecule has 120 valence electrons. The molecule has 3 rings (SSSR count). The molecule has 0 saturated carbocycles. The SMILES string of the molecule is COc1ccc(C2CCCN2C(=O)C2CCCO2)c(OC)c1. The first-order chi connectivity index (χ1) is 10.7. The Morgan fingerprint density at radius 3 is 2.77 bits per heavy atom. The third kappa shape index (κ3) is 2.77. The minimum absolute atomic E-state index is 0.0672. The van der Waals surface area contributed by atoms with E-state index in [4.69, 9.17) is 14.2 Å². The lowest BCUT2D eigenvalue weighted by molar-refractivity contribution is -0.141. The second-order valence-corrected chi connectivity index (χ2v) is 5.80. The van der Waals surface area contributed by atoms with Crippen LogP contribution < -0.4 is 9.47 Å². The third-order valence-corrected chi connectivity index (χ3v) is 4.54. The van der Waals surface area contributed by atoms with Crippen LogP contribution in [0.1, 0.15) is 37.3 Å². The molecule has 1 aromatic rings. The van der Waals surface area contributed by atoms with E-state index in [0.717, 1.165) is 49.3 Å². The van der Waals surface area contributed by atoms with Crippen LogP contribution in [-0.2, 0) is 9.53 Å². The quantitative estimate of drug-likeness (QED) is 0.858. The molecule has 22 heavy (non-hydrogen) atoms. The van der Waals surface area contributed by atoms with Crippen LogP contribution in [-0.4, -0.2) is 44.3 Å². The number of amides is 1. The number of likely N-dealkylation sites (tertiary alicyclic amines) is 1. The lowest BCUT2D eigenvalue weighted by Gasteiger charge is -2.28. The fourth-order valence-electron chi connectivity index (χ4n) is 3.40. The topological polar surface area (TPSA) is 48.0 Å². The Bertz CT molecular complexity index is 539. The number of hydrogen-bond donors (Lipinski definition) is 0. The second kappa shape index (κ2) is 6.57. The van der Waals surface area contributed by atoms with Gasteiger partial charge in [-0.2, -0.15) is 0 Å². The maximum atomic E-state index is 12.7. The van der Waals surface area contributed by atoms with Crippen molar-refractivity contribution < 1.29 is 19.0 Å². The van der Waals surface area contributed by atoms with Crippen molar-refractivity contribution in [1.29, 1.82) is 0 Å². The minimum Gasteiger partial charge on any atom is -0.497 e. The summed E-state index contributed by atoms with van der Waals surface area (Å²) in [5, 5.41) is 0. The van der Waals surface area contributed by atoms with Crippen molar-refractivity contribution in [1.82, 2.24) is 4.90 Å². The van der Waals surface area contributed by atoms with Crippen LogP contribution in [0.3, 0.4) is 0 Å². The van der Waals surface area contributed by atoms with E-state index in [-0.39, 0.29) is 18.1 Å². The van der Waals surface area contributed by atoms with Gasteiger partial charge in [0.1, 0.15) is 17.6 Å². The first-order valence-corrected chi connectivity index (χ1v) is 7.88. The van der Waals surface area contributed by atoms with Gasteiger partial charge in [0.05, 0.1) is 20.3 Å². The van der Waals surface area contributed by atoms with Gasteiger partial charge in [0, 0.05) is 24.8 Å². The maximum absolute atomic E-state index is 12.7. The number of hydrogen-bond acceptors (Lipinski definition) is 4. The van der Waals surface area contributed by atoms with E-state index in [1.165, 1.54) is 0 Å². The minimum atomic E-state index is -0.259. The predicted molar refractivity (Wildman–Crippen MR) is 82.2 cm³/mol. The average molecular weight is 305 g/mol. The van der Waals surface area contributed by atoms with Crippen LogP contribution in [0.4, 0.5) is 0 Å². The Hall–Kier alpha value is -1.75. The molecule has 2 fully saturated rings. The van der Waals surface area contributed by atoms with E-state index >= 15 is 0 Å². The van der Waals surface area contributed by atoms with Gasteiger partial charge in [0.25, 0.3) is 5.91 Å². The summed E-state index contributed by atoms with van der Waals surface area (Å²) in [6.45, 7) is 1.49. The van der Waals surface area contributed by atoms with Gasteiger partial charge in [-0.3, -0.25) is 4.79 Å². The molecule has 1 amide bonds. The molecule has 2 aliphatic rings. The van der Waals surface area contributed by atoms with Gasteiger partial charge in [-0.1, -0.05) is 0 Å². The Labute approximate surface area is 131 Å². The highest BCUT2D eigenvalue weighted by Gasteiger charge is 2.36. The van der Waals surface area contributed by atoms with Gasteiger partial charge < -0.3 is 19.1 Å². The summed E-state index contributed by atoms with van der Waals surface area (Å²) in [5.41, 5.74) is 1.05. The number of methoxy groups -OCH3 is 2. The van der Waals surface area contributed by atoms with Gasteiger partial charge in [0.2, 0.25) is 0 Å². The first kappa shape index (κ1) is 15.2. The third-order valence-electron chi connectivity index (χ3n) is 4.54. The monoisotopic (exact) mass is 305 g/mol. The number of nitrogens with zero attached hydrogens (tertiary/aromatic N) is 1. The lowest BCUT2D eigenvalue weighted by atomic mass is 10.0. The standard InChI is InChI=1S/C17H23NO4/c1-20-12-7-8-13(16(11-12)21-2)14-5-3-9-18(14)17(19)15-6-4-10-22-15/h7-8,11,14-15H,3-6,9-10H2,1-2H3. The molecule has 0 aliphatic carbocycles. The smallest absolute Gasteiger partial charge is 0.252 e. The number of ether oxygens (including phenoxy) is 3. The van der Waals surface area contributed by atoms with Gasteiger partial charge in [-0.05, 0) is 37.8 Å². The summed E-state index contributed by atoms with van der Waals surface area (Å²) >= 11 is 0. The molecule has 2 heterocycles. The van der Waals surface area contributed by atoms with Gasteiger partial charge in [-0.25, -0.2) is 0 Å². The van der Waals surface area contributed by atoms with E-state index in [2.05, 4.69) is 0 Å². The summed E-state index contributed by atoms with van der Waals surface area (Å²) in [4.78, 5) is 14.6. The zero-order chi connectivity index (χ0) is 15.5. The van der Waals surface area contributed by atoms with Crippen molar-refractivity contribution in [3.63, 3.8) is 0 Å². The molecule has 0 bridgehead atoms. The molecule has 2 unspecified atom stereocenters. The zero-order valence-corrected chi connectivity index (χ0v) is 13.2. The Morgan fingerprint density at radius 1 is 1.23 bits per heavy atom. The normalized spacial score (nSPS) is 24.5. The number of benzene rings is 1. The number of rotatable bonds is 4. The Kier molecular flexibility index (Phi) is 4.52. The predicted octanol–water partition coefficient (Wildman–Crippen LogP) is 2.55. The highest BCUT2D eigenvalue weighted by Crippen LogP contribution is 2.39.